The van der Waals surface area contributed by atoms with Crippen LogP contribution in [0.5, 0.6) is 0 Å². The Labute approximate surface area is 124 Å². The summed E-state index contributed by atoms with van der Waals surface area (Å²) in [6.07, 6.45) is 0.175. The predicted octanol–water partition coefficient (Wildman–Crippen LogP) is 2.25. The van der Waals surface area contributed by atoms with Gasteiger partial charge in [0.25, 0.3) is 0 Å². The van der Waals surface area contributed by atoms with Crippen molar-refractivity contribution >= 4 is 34.6 Å². The van der Waals surface area contributed by atoms with Crippen LogP contribution in [-0.4, -0.2) is 28.5 Å². The summed E-state index contributed by atoms with van der Waals surface area (Å²) in [6, 6.07) is 3.95. The van der Waals surface area contributed by atoms with Crippen LogP contribution in [0.25, 0.3) is 9.88 Å². The molecule has 1 unspecified atom stereocenters. The van der Waals surface area contributed by atoms with Crippen LogP contribution in [0.3, 0.4) is 0 Å². The monoisotopic (exact) mass is 310 g/mol. The zero-order valence-electron chi connectivity index (χ0n) is 10.8. The topological polar surface area (TPSA) is 79.3 Å². The van der Waals surface area contributed by atoms with E-state index in [1.165, 1.54) is 11.3 Å². The number of thiazole rings is 1. The van der Waals surface area contributed by atoms with E-state index >= 15 is 0 Å². The van der Waals surface area contributed by atoms with Gasteiger partial charge in [-0.25, -0.2) is 4.98 Å². The van der Waals surface area contributed by atoms with Gasteiger partial charge in [-0.15, -0.1) is 22.7 Å². The van der Waals surface area contributed by atoms with Gasteiger partial charge < -0.3 is 10.4 Å². The van der Waals surface area contributed by atoms with Crippen molar-refractivity contribution in [1.29, 1.82) is 0 Å². The molecule has 2 heterocycles. The van der Waals surface area contributed by atoms with E-state index in [-0.39, 0.29) is 18.9 Å². The molecule has 1 amide bonds. The summed E-state index contributed by atoms with van der Waals surface area (Å²) in [5.74, 6) is -1.71. The fraction of sp³-hybridized carbons (Fsp3) is 0.308. The molecule has 2 aromatic rings. The Morgan fingerprint density at radius 3 is 2.90 bits per heavy atom. The second-order valence-corrected chi connectivity index (χ2v) is 6.15. The quantitative estimate of drug-likeness (QED) is 0.857. The van der Waals surface area contributed by atoms with Gasteiger partial charge in [-0.3, -0.25) is 9.59 Å². The molecule has 106 valence electrons. The van der Waals surface area contributed by atoms with E-state index in [0.717, 1.165) is 9.88 Å². The summed E-state index contributed by atoms with van der Waals surface area (Å²) in [5, 5.41) is 16.1. The summed E-state index contributed by atoms with van der Waals surface area (Å²) < 4.78 is 0. The highest BCUT2D eigenvalue weighted by molar-refractivity contribution is 7.20. The molecule has 0 spiro atoms. The Kier molecular flexibility index (Phi) is 4.86. The van der Waals surface area contributed by atoms with Crippen molar-refractivity contribution in [3.63, 3.8) is 0 Å². The van der Waals surface area contributed by atoms with Crippen LogP contribution in [0.1, 0.15) is 12.6 Å². The van der Waals surface area contributed by atoms with Crippen LogP contribution >= 0.6 is 22.7 Å². The Morgan fingerprint density at radius 1 is 1.45 bits per heavy atom. The fourth-order valence-electron chi connectivity index (χ4n) is 1.48. The number of nitrogens with one attached hydrogen (secondary N) is 1. The van der Waals surface area contributed by atoms with E-state index in [1.807, 2.05) is 22.9 Å². The van der Waals surface area contributed by atoms with Crippen LogP contribution in [0.15, 0.2) is 22.9 Å². The Hall–Kier alpha value is -1.73. The lowest BCUT2D eigenvalue weighted by Crippen LogP contribution is -2.32. The Balaban J connectivity index is 1.87. The van der Waals surface area contributed by atoms with E-state index in [0.29, 0.717) is 5.69 Å². The van der Waals surface area contributed by atoms with Gasteiger partial charge in [0.1, 0.15) is 5.01 Å². The molecule has 5 nitrogen and oxygen atoms in total. The highest BCUT2D eigenvalue weighted by Crippen LogP contribution is 2.27. The van der Waals surface area contributed by atoms with Crippen LogP contribution < -0.4 is 5.32 Å². The number of hydrogen-bond acceptors (Lipinski definition) is 5. The minimum atomic E-state index is -0.918. The van der Waals surface area contributed by atoms with Crippen LogP contribution in [0, 0.1) is 5.92 Å². The zero-order chi connectivity index (χ0) is 14.5. The number of thiophene rings is 1. The Morgan fingerprint density at radius 2 is 2.25 bits per heavy atom. The normalized spacial score (nSPS) is 12.1. The fourth-order valence-corrected chi connectivity index (χ4v) is 3.12. The van der Waals surface area contributed by atoms with Gasteiger partial charge in [-0.1, -0.05) is 13.0 Å². The SMILES string of the molecule is CC(CNC(=O)Cc1csc(-c2cccs2)n1)C(=O)O. The lowest BCUT2D eigenvalue weighted by atomic mass is 10.2. The van der Waals surface area contributed by atoms with Crippen molar-refractivity contribution in [2.45, 2.75) is 13.3 Å². The molecule has 0 radical (unpaired) electrons. The van der Waals surface area contributed by atoms with Crippen LogP contribution in [0.2, 0.25) is 0 Å². The minimum Gasteiger partial charge on any atom is -0.481 e. The number of carbonyl (C=O) groups excluding carboxylic acids is 1. The van der Waals surface area contributed by atoms with Crippen molar-refractivity contribution in [2.75, 3.05) is 6.54 Å². The number of carbonyl (C=O) groups is 2. The Bertz CT molecular complexity index is 593. The predicted molar refractivity (Wildman–Crippen MR) is 78.9 cm³/mol. The number of aliphatic carboxylic acids is 1. The largest absolute Gasteiger partial charge is 0.481 e. The lowest BCUT2D eigenvalue weighted by Gasteiger charge is -2.07. The van der Waals surface area contributed by atoms with E-state index in [4.69, 9.17) is 5.11 Å². The van der Waals surface area contributed by atoms with Crippen molar-refractivity contribution in [2.24, 2.45) is 5.92 Å². The summed E-state index contributed by atoms with van der Waals surface area (Å²) in [6.45, 7) is 1.69. The summed E-state index contributed by atoms with van der Waals surface area (Å²) in [7, 11) is 0. The first-order valence-electron chi connectivity index (χ1n) is 6.04. The third-order valence-corrected chi connectivity index (χ3v) is 4.58. The van der Waals surface area contributed by atoms with E-state index in [1.54, 1.807) is 18.3 Å². The van der Waals surface area contributed by atoms with Gasteiger partial charge in [0.2, 0.25) is 5.91 Å². The third-order valence-electron chi connectivity index (χ3n) is 2.65. The van der Waals surface area contributed by atoms with Crippen molar-refractivity contribution in [1.82, 2.24) is 10.3 Å². The van der Waals surface area contributed by atoms with Gasteiger partial charge in [0, 0.05) is 11.9 Å². The minimum absolute atomic E-state index is 0.135. The molecular weight excluding hydrogens is 296 g/mol. The second-order valence-electron chi connectivity index (χ2n) is 4.34. The maximum Gasteiger partial charge on any atom is 0.308 e. The van der Waals surface area contributed by atoms with Gasteiger partial charge in [0.05, 0.1) is 22.9 Å². The zero-order valence-corrected chi connectivity index (χ0v) is 12.5. The molecule has 0 aromatic carbocycles. The summed E-state index contributed by atoms with van der Waals surface area (Å²) in [5.41, 5.74) is 0.707. The van der Waals surface area contributed by atoms with Gasteiger partial charge >= 0.3 is 5.97 Å². The molecule has 0 aliphatic carbocycles. The molecule has 7 heteroatoms. The summed E-state index contributed by atoms with van der Waals surface area (Å²) in [4.78, 5) is 27.8. The number of amides is 1. The highest BCUT2D eigenvalue weighted by Gasteiger charge is 2.13. The first-order chi connectivity index (χ1) is 9.56. The highest BCUT2D eigenvalue weighted by atomic mass is 32.1. The molecule has 0 aliphatic rings. The van der Waals surface area contributed by atoms with Gasteiger partial charge in [0.15, 0.2) is 0 Å². The molecular formula is C13H14N2O3S2. The lowest BCUT2D eigenvalue weighted by molar-refractivity contribution is -0.141. The maximum absolute atomic E-state index is 11.7. The molecule has 0 saturated heterocycles. The number of nitrogens with zero attached hydrogens (tertiary/aromatic N) is 1. The van der Waals surface area contributed by atoms with Crippen LogP contribution in [-0.2, 0) is 16.0 Å². The second kappa shape index (κ2) is 6.62. The molecule has 0 saturated carbocycles. The number of carboxylic acid groups (broad SMARTS) is 1. The van der Waals surface area contributed by atoms with Crippen LogP contribution in [0.4, 0.5) is 0 Å². The molecule has 0 bridgehead atoms. The molecule has 2 aromatic heterocycles. The maximum atomic E-state index is 11.7. The smallest absolute Gasteiger partial charge is 0.308 e. The third kappa shape index (κ3) is 3.88. The molecule has 0 aliphatic heterocycles. The van der Waals surface area contributed by atoms with Gasteiger partial charge in [-0.2, -0.15) is 0 Å². The average molecular weight is 310 g/mol. The molecule has 1 atom stereocenters. The summed E-state index contributed by atoms with van der Waals surface area (Å²) >= 11 is 3.11. The number of hydrogen-bond donors (Lipinski definition) is 2. The van der Waals surface area contributed by atoms with E-state index in [9.17, 15) is 9.59 Å². The van der Waals surface area contributed by atoms with E-state index < -0.39 is 11.9 Å². The average Bonchev–Trinajstić information content (AvgIpc) is 3.05. The first-order valence-corrected chi connectivity index (χ1v) is 7.80. The standard InChI is InChI=1S/C13H14N2O3S2/c1-8(13(17)18)6-14-11(16)5-9-7-20-12(15-9)10-3-2-4-19-10/h2-4,7-8H,5-6H2,1H3,(H,14,16)(H,17,18). The number of aromatic nitrogens is 1. The molecule has 2 N–H and O–H groups in total. The number of rotatable bonds is 6. The molecule has 20 heavy (non-hydrogen) atoms. The molecule has 2 rings (SSSR count). The first kappa shape index (κ1) is 14.7. The van der Waals surface area contributed by atoms with Gasteiger partial charge in [-0.05, 0) is 11.4 Å². The number of carboxylic acids is 1. The van der Waals surface area contributed by atoms with Crippen molar-refractivity contribution in [3.05, 3.63) is 28.6 Å². The van der Waals surface area contributed by atoms with Crippen molar-refractivity contribution < 1.29 is 14.7 Å². The van der Waals surface area contributed by atoms with Crippen molar-refractivity contribution in [3.8, 4) is 9.88 Å². The van der Waals surface area contributed by atoms with E-state index in [2.05, 4.69) is 10.3 Å². The molecule has 0 fully saturated rings.